The second kappa shape index (κ2) is 6.17. The first-order chi connectivity index (χ1) is 9.15. The van der Waals surface area contributed by atoms with E-state index in [1.807, 2.05) is 17.8 Å². The van der Waals surface area contributed by atoms with Gasteiger partial charge in [-0.15, -0.1) is 0 Å². The fourth-order valence-corrected chi connectivity index (χ4v) is 1.71. The molecule has 1 aromatic heterocycles. The number of halogens is 2. The number of ether oxygens (including phenoxy) is 1. The Balaban J connectivity index is 1.81. The first-order valence-corrected chi connectivity index (χ1v) is 5.90. The van der Waals surface area contributed by atoms with Crippen LogP contribution in [0.4, 0.5) is 14.5 Å². The van der Waals surface area contributed by atoms with E-state index >= 15 is 0 Å². The van der Waals surface area contributed by atoms with E-state index in [1.54, 1.807) is 18.3 Å². The molecule has 1 N–H and O–H groups in total. The summed E-state index contributed by atoms with van der Waals surface area (Å²) in [6.07, 6.45) is 4.44. The highest BCUT2D eigenvalue weighted by atomic mass is 19.3. The van der Waals surface area contributed by atoms with Crippen LogP contribution in [0.5, 0.6) is 5.75 Å². The Hall–Kier alpha value is -2.11. The van der Waals surface area contributed by atoms with Crippen molar-refractivity contribution < 1.29 is 13.5 Å². The minimum absolute atomic E-state index is 0.157. The number of aromatic nitrogens is 2. The molecular formula is C13H15F2N3O. The molecule has 1 aromatic carbocycles. The van der Waals surface area contributed by atoms with Crippen LogP contribution in [0.15, 0.2) is 36.7 Å². The first kappa shape index (κ1) is 13.3. The molecule has 2 rings (SSSR count). The Kier molecular flexibility index (Phi) is 4.33. The SMILES string of the molecule is Cn1ccnc1CCNc1ccc(OC(F)F)cc1. The summed E-state index contributed by atoms with van der Waals surface area (Å²) in [7, 11) is 1.94. The molecule has 0 saturated heterocycles. The fraction of sp³-hybridized carbons (Fsp3) is 0.308. The number of rotatable bonds is 6. The van der Waals surface area contributed by atoms with Crippen molar-refractivity contribution in [2.45, 2.75) is 13.0 Å². The van der Waals surface area contributed by atoms with Gasteiger partial charge in [-0.25, -0.2) is 4.98 Å². The number of aryl methyl sites for hydroxylation is 1. The average molecular weight is 267 g/mol. The Labute approximate surface area is 110 Å². The fourth-order valence-electron chi connectivity index (χ4n) is 1.71. The Bertz CT molecular complexity index is 511. The molecule has 1 heterocycles. The number of nitrogens with zero attached hydrogens (tertiary/aromatic N) is 2. The summed E-state index contributed by atoms with van der Waals surface area (Å²) in [5.41, 5.74) is 0.857. The van der Waals surface area contributed by atoms with Gasteiger partial charge in [0.2, 0.25) is 0 Å². The summed E-state index contributed by atoms with van der Waals surface area (Å²) in [4.78, 5) is 4.21. The molecule has 4 nitrogen and oxygen atoms in total. The van der Waals surface area contributed by atoms with Gasteiger partial charge in [-0.05, 0) is 24.3 Å². The van der Waals surface area contributed by atoms with E-state index in [-0.39, 0.29) is 5.75 Å². The lowest BCUT2D eigenvalue weighted by atomic mass is 10.3. The van der Waals surface area contributed by atoms with Crippen LogP contribution < -0.4 is 10.1 Å². The summed E-state index contributed by atoms with van der Waals surface area (Å²) in [6.45, 7) is -2.07. The quantitative estimate of drug-likeness (QED) is 0.874. The van der Waals surface area contributed by atoms with Crippen LogP contribution in [-0.4, -0.2) is 22.7 Å². The summed E-state index contributed by atoms with van der Waals surface area (Å²) in [5, 5.41) is 3.19. The van der Waals surface area contributed by atoms with E-state index in [0.717, 1.165) is 24.5 Å². The molecule has 0 fully saturated rings. The third kappa shape index (κ3) is 3.94. The highest BCUT2D eigenvalue weighted by molar-refractivity contribution is 5.46. The molecule has 0 spiro atoms. The maximum atomic E-state index is 12.0. The zero-order chi connectivity index (χ0) is 13.7. The highest BCUT2D eigenvalue weighted by Crippen LogP contribution is 2.17. The van der Waals surface area contributed by atoms with Crippen molar-refractivity contribution in [3.63, 3.8) is 0 Å². The van der Waals surface area contributed by atoms with Crippen LogP contribution in [0.3, 0.4) is 0 Å². The van der Waals surface area contributed by atoms with Crippen LogP contribution in [0.1, 0.15) is 5.82 Å². The van der Waals surface area contributed by atoms with Crippen molar-refractivity contribution in [1.82, 2.24) is 9.55 Å². The van der Waals surface area contributed by atoms with Crippen molar-refractivity contribution in [2.24, 2.45) is 7.05 Å². The molecule has 0 atom stereocenters. The lowest BCUT2D eigenvalue weighted by Gasteiger charge is -2.08. The molecule has 0 bridgehead atoms. The van der Waals surface area contributed by atoms with Gasteiger partial charge in [0.25, 0.3) is 0 Å². The van der Waals surface area contributed by atoms with Gasteiger partial charge in [0.15, 0.2) is 0 Å². The van der Waals surface area contributed by atoms with Gasteiger partial charge < -0.3 is 14.6 Å². The maximum Gasteiger partial charge on any atom is 0.387 e. The summed E-state index contributed by atoms with van der Waals surface area (Å²) in [5.74, 6) is 1.15. The van der Waals surface area contributed by atoms with Crippen LogP contribution in [-0.2, 0) is 13.5 Å². The molecule has 0 radical (unpaired) electrons. The van der Waals surface area contributed by atoms with Gasteiger partial charge in [0, 0.05) is 38.1 Å². The minimum atomic E-state index is -2.79. The predicted octanol–water partition coefficient (Wildman–Crippen LogP) is 2.68. The van der Waals surface area contributed by atoms with E-state index < -0.39 is 6.61 Å². The van der Waals surface area contributed by atoms with Gasteiger partial charge in [-0.1, -0.05) is 0 Å². The smallest absolute Gasteiger partial charge is 0.387 e. The number of imidazole rings is 1. The second-order valence-electron chi connectivity index (χ2n) is 4.03. The Morgan fingerprint density at radius 1 is 1.32 bits per heavy atom. The lowest BCUT2D eigenvalue weighted by Crippen LogP contribution is -2.08. The number of nitrogens with one attached hydrogen (secondary N) is 1. The van der Waals surface area contributed by atoms with Crippen LogP contribution in [0.25, 0.3) is 0 Å². The molecular weight excluding hydrogens is 252 g/mol. The lowest BCUT2D eigenvalue weighted by molar-refractivity contribution is -0.0498. The molecule has 0 amide bonds. The van der Waals surface area contributed by atoms with E-state index in [9.17, 15) is 8.78 Å². The van der Waals surface area contributed by atoms with E-state index in [4.69, 9.17) is 0 Å². The van der Waals surface area contributed by atoms with Crippen molar-refractivity contribution in [1.29, 1.82) is 0 Å². The zero-order valence-corrected chi connectivity index (χ0v) is 10.5. The first-order valence-electron chi connectivity index (χ1n) is 5.90. The third-order valence-electron chi connectivity index (χ3n) is 2.68. The van der Waals surface area contributed by atoms with Gasteiger partial charge in [0.05, 0.1) is 0 Å². The summed E-state index contributed by atoms with van der Waals surface area (Å²) < 4.78 is 30.2. The van der Waals surface area contributed by atoms with Crippen LogP contribution in [0, 0.1) is 0 Å². The zero-order valence-electron chi connectivity index (χ0n) is 10.5. The van der Waals surface area contributed by atoms with E-state index in [0.29, 0.717) is 0 Å². The topological polar surface area (TPSA) is 39.1 Å². The Morgan fingerprint density at radius 2 is 2.05 bits per heavy atom. The van der Waals surface area contributed by atoms with Gasteiger partial charge in [0.1, 0.15) is 11.6 Å². The molecule has 0 saturated carbocycles. The molecule has 6 heteroatoms. The molecule has 0 unspecified atom stereocenters. The minimum Gasteiger partial charge on any atom is -0.435 e. The van der Waals surface area contributed by atoms with Crippen molar-refractivity contribution in [2.75, 3.05) is 11.9 Å². The number of hydrogen-bond acceptors (Lipinski definition) is 3. The van der Waals surface area contributed by atoms with Gasteiger partial charge in [-0.3, -0.25) is 0 Å². The maximum absolute atomic E-state index is 12.0. The number of benzene rings is 1. The molecule has 0 aliphatic heterocycles. The van der Waals surface area contributed by atoms with Crippen LogP contribution in [0.2, 0.25) is 0 Å². The van der Waals surface area contributed by atoms with Crippen molar-refractivity contribution in [3.8, 4) is 5.75 Å². The molecule has 0 aliphatic rings. The summed E-state index contributed by atoms with van der Waals surface area (Å²) in [6, 6.07) is 6.43. The van der Waals surface area contributed by atoms with Crippen molar-refractivity contribution in [3.05, 3.63) is 42.5 Å². The second-order valence-corrected chi connectivity index (χ2v) is 4.03. The van der Waals surface area contributed by atoms with Crippen molar-refractivity contribution >= 4 is 5.69 Å². The standard InChI is InChI=1S/C13H15F2N3O/c1-18-9-8-17-12(18)6-7-16-10-2-4-11(5-3-10)19-13(14)15/h2-5,8-9,13,16H,6-7H2,1H3. The normalized spacial score (nSPS) is 10.7. The summed E-state index contributed by atoms with van der Waals surface area (Å²) >= 11 is 0. The van der Waals surface area contributed by atoms with Crippen LogP contribution >= 0.6 is 0 Å². The third-order valence-corrected chi connectivity index (χ3v) is 2.68. The largest absolute Gasteiger partial charge is 0.435 e. The molecule has 19 heavy (non-hydrogen) atoms. The predicted molar refractivity (Wildman–Crippen MR) is 68.5 cm³/mol. The van der Waals surface area contributed by atoms with Gasteiger partial charge >= 0.3 is 6.61 Å². The van der Waals surface area contributed by atoms with Gasteiger partial charge in [-0.2, -0.15) is 8.78 Å². The van der Waals surface area contributed by atoms with E-state index in [2.05, 4.69) is 15.0 Å². The number of hydrogen-bond donors (Lipinski definition) is 1. The van der Waals surface area contributed by atoms with E-state index in [1.165, 1.54) is 12.1 Å². The average Bonchev–Trinajstić information content (AvgIpc) is 2.77. The molecule has 0 aliphatic carbocycles. The Morgan fingerprint density at radius 3 is 2.63 bits per heavy atom. The number of anilines is 1. The molecule has 102 valence electrons. The monoisotopic (exact) mass is 267 g/mol. The highest BCUT2D eigenvalue weighted by Gasteiger charge is 2.03. The molecule has 2 aromatic rings. The number of alkyl halides is 2.